The number of dihydropyridines is 1. The number of halogens is 1. The second-order valence-corrected chi connectivity index (χ2v) is 9.00. The number of nitrogens with zero attached hydrogens (tertiary/aromatic N) is 3. The molecule has 2 N–H and O–H groups in total. The fourth-order valence-electron chi connectivity index (χ4n) is 4.02. The molecule has 0 atom stereocenters. The zero-order valence-electron chi connectivity index (χ0n) is 20.7. The van der Waals surface area contributed by atoms with Crippen LogP contribution < -0.4 is 20.3 Å². The van der Waals surface area contributed by atoms with E-state index in [1.807, 2.05) is 19.9 Å². The molecule has 0 unspecified atom stereocenters. The number of nitrogens with one attached hydrogen (secondary N) is 2. The van der Waals surface area contributed by atoms with Gasteiger partial charge in [-0.3, -0.25) is 9.78 Å². The number of hydrogen-bond acceptors (Lipinski definition) is 7. The number of allylic oxidation sites excluding steroid dienone is 3. The number of morpholine rings is 1. The van der Waals surface area contributed by atoms with Crippen LogP contribution in [0.15, 0.2) is 48.1 Å². The Morgan fingerprint density at radius 2 is 2.06 bits per heavy atom. The monoisotopic (exact) mass is 481 g/mol. The van der Waals surface area contributed by atoms with Gasteiger partial charge in [-0.1, -0.05) is 0 Å². The molecular weight excluding hydrogens is 449 g/mol. The molecule has 1 amide bonds. The van der Waals surface area contributed by atoms with Gasteiger partial charge in [0.25, 0.3) is 5.91 Å². The lowest BCUT2D eigenvalue weighted by Crippen LogP contribution is -2.36. The highest BCUT2D eigenvalue weighted by atomic mass is 19.1. The molecule has 35 heavy (non-hydrogen) atoms. The maximum atomic E-state index is 14.3. The van der Waals surface area contributed by atoms with E-state index >= 15 is 0 Å². The molecule has 0 bridgehead atoms. The number of aromatic nitrogens is 2. The standard InChI is InChI=1S/C26H32FN5O3/c1-5-35-25-22(32-8-10-34-11-9-32)12-19(15-30-25)21-14-20(16-29-17(21)2)31-24(33)18-6-7-28-23(13-18)26(3,4)27/h6-7,12-15,29H,5,8-11,16H2,1-4H3,(H,31,33). The Morgan fingerprint density at radius 3 is 2.77 bits per heavy atom. The van der Waals surface area contributed by atoms with Crippen molar-refractivity contribution in [2.45, 2.75) is 33.4 Å². The van der Waals surface area contributed by atoms with Crippen molar-refractivity contribution >= 4 is 17.2 Å². The molecule has 0 aromatic carbocycles. The zero-order chi connectivity index (χ0) is 25.0. The summed E-state index contributed by atoms with van der Waals surface area (Å²) in [6.45, 7) is 10.6. The SMILES string of the molecule is CCOc1ncc(C2=C(C)NCC(NC(=O)c3ccnc(C(C)(C)F)c3)=C2)cc1N1CCOCC1. The van der Waals surface area contributed by atoms with Crippen LogP contribution in [0.5, 0.6) is 5.88 Å². The molecule has 186 valence electrons. The Balaban J connectivity index is 1.59. The third-order valence-electron chi connectivity index (χ3n) is 5.95. The molecule has 4 heterocycles. The minimum atomic E-state index is -1.63. The number of amides is 1. The van der Waals surface area contributed by atoms with Gasteiger partial charge in [0.15, 0.2) is 0 Å². The lowest BCUT2D eigenvalue weighted by Gasteiger charge is -2.30. The number of carbonyl (C=O) groups excluding carboxylic acids is 1. The zero-order valence-corrected chi connectivity index (χ0v) is 20.7. The van der Waals surface area contributed by atoms with Crippen molar-refractivity contribution in [3.05, 3.63) is 64.9 Å². The van der Waals surface area contributed by atoms with Gasteiger partial charge in [-0.25, -0.2) is 9.37 Å². The lowest BCUT2D eigenvalue weighted by atomic mass is 10.0. The predicted molar refractivity (Wildman–Crippen MR) is 133 cm³/mol. The molecule has 2 aromatic heterocycles. The fourth-order valence-corrected chi connectivity index (χ4v) is 4.02. The molecule has 8 nitrogen and oxygen atoms in total. The first kappa shape index (κ1) is 24.7. The largest absolute Gasteiger partial charge is 0.476 e. The summed E-state index contributed by atoms with van der Waals surface area (Å²) in [6, 6.07) is 5.14. The van der Waals surface area contributed by atoms with Crippen LogP contribution in [0.25, 0.3) is 5.57 Å². The van der Waals surface area contributed by atoms with Gasteiger partial charge in [-0.2, -0.15) is 0 Å². The van der Waals surface area contributed by atoms with Crippen molar-refractivity contribution in [1.29, 1.82) is 0 Å². The molecule has 9 heteroatoms. The molecule has 2 aliphatic rings. The average Bonchev–Trinajstić information content (AvgIpc) is 2.86. The van der Waals surface area contributed by atoms with Crippen molar-refractivity contribution in [1.82, 2.24) is 20.6 Å². The van der Waals surface area contributed by atoms with Gasteiger partial charge in [0.05, 0.1) is 32.1 Å². The molecule has 0 saturated carbocycles. The minimum absolute atomic E-state index is 0.216. The van der Waals surface area contributed by atoms with E-state index in [0.717, 1.165) is 35.6 Å². The quantitative estimate of drug-likeness (QED) is 0.625. The summed E-state index contributed by atoms with van der Waals surface area (Å²) >= 11 is 0. The van der Waals surface area contributed by atoms with Crippen LogP contribution in [0.1, 0.15) is 49.3 Å². The maximum Gasteiger partial charge on any atom is 0.255 e. The summed E-state index contributed by atoms with van der Waals surface area (Å²) in [7, 11) is 0. The van der Waals surface area contributed by atoms with Crippen LogP contribution in [0.3, 0.4) is 0 Å². The number of pyridine rings is 2. The number of rotatable bonds is 7. The summed E-state index contributed by atoms with van der Waals surface area (Å²) in [5, 5.41) is 6.29. The second kappa shape index (κ2) is 10.4. The van der Waals surface area contributed by atoms with E-state index in [1.54, 1.807) is 12.3 Å². The first-order valence-corrected chi connectivity index (χ1v) is 11.8. The fraction of sp³-hybridized carbons (Fsp3) is 0.423. The third-order valence-corrected chi connectivity index (χ3v) is 5.95. The average molecular weight is 482 g/mol. The van der Waals surface area contributed by atoms with Gasteiger partial charge in [-0.15, -0.1) is 0 Å². The van der Waals surface area contributed by atoms with Crippen LogP contribution in [0, 0.1) is 0 Å². The Hall–Kier alpha value is -3.46. The Kier molecular flexibility index (Phi) is 7.35. The van der Waals surface area contributed by atoms with E-state index in [-0.39, 0.29) is 11.6 Å². The number of ether oxygens (including phenoxy) is 2. The van der Waals surface area contributed by atoms with Gasteiger partial charge >= 0.3 is 0 Å². The molecule has 2 aliphatic heterocycles. The lowest BCUT2D eigenvalue weighted by molar-refractivity contribution is 0.0964. The summed E-state index contributed by atoms with van der Waals surface area (Å²) in [4.78, 5) is 23.8. The Labute approximate surface area is 205 Å². The molecule has 2 aromatic rings. The minimum Gasteiger partial charge on any atom is -0.476 e. The predicted octanol–water partition coefficient (Wildman–Crippen LogP) is 3.56. The first-order valence-electron chi connectivity index (χ1n) is 11.8. The summed E-state index contributed by atoms with van der Waals surface area (Å²) in [6.07, 6.45) is 5.19. The van der Waals surface area contributed by atoms with Crippen molar-refractivity contribution in [3.8, 4) is 5.88 Å². The molecule has 4 rings (SSSR count). The van der Waals surface area contributed by atoms with Crippen LogP contribution >= 0.6 is 0 Å². The van der Waals surface area contributed by atoms with Gasteiger partial charge < -0.3 is 25.0 Å². The van der Waals surface area contributed by atoms with Gasteiger partial charge in [0.2, 0.25) is 5.88 Å². The molecule has 0 radical (unpaired) electrons. The smallest absolute Gasteiger partial charge is 0.255 e. The molecule has 1 saturated heterocycles. The maximum absolute atomic E-state index is 14.3. The number of hydrogen-bond donors (Lipinski definition) is 2. The van der Waals surface area contributed by atoms with Gasteiger partial charge in [0, 0.05) is 53.6 Å². The highest BCUT2D eigenvalue weighted by Crippen LogP contribution is 2.32. The van der Waals surface area contributed by atoms with E-state index in [9.17, 15) is 9.18 Å². The van der Waals surface area contributed by atoms with Crippen LogP contribution in [-0.2, 0) is 10.4 Å². The van der Waals surface area contributed by atoms with Crippen LogP contribution in [-0.4, -0.2) is 55.3 Å². The van der Waals surface area contributed by atoms with Gasteiger partial charge in [0.1, 0.15) is 11.4 Å². The van der Waals surface area contributed by atoms with E-state index in [1.165, 1.54) is 26.1 Å². The van der Waals surface area contributed by atoms with Crippen molar-refractivity contribution in [2.24, 2.45) is 0 Å². The first-order chi connectivity index (χ1) is 16.8. The Morgan fingerprint density at radius 1 is 1.29 bits per heavy atom. The number of carbonyl (C=O) groups is 1. The van der Waals surface area contributed by atoms with Crippen LogP contribution in [0.2, 0.25) is 0 Å². The highest BCUT2D eigenvalue weighted by Gasteiger charge is 2.23. The highest BCUT2D eigenvalue weighted by molar-refractivity contribution is 5.96. The molecule has 0 spiro atoms. The topological polar surface area (TPSA) is 88.6 Å². The summed E-state index contributed by atoms with van der Waals surface area (Å²) in [5.74, 6) is 0.283. The van der Waals surface area contributed by atoms with Crippen LogP contribution in [0.4, 0.5) is 10.1 Å². The van der Waals surface area contributed by atoms with E-state index in [0.29, 0.717) is 43.5 Å². The van der Waals surface area contributed by atoms with Crippen molar-refractivity contribution in [3.63, 3.8) is 0 Å². The number of alkyl halides is 1. The van der Waals surface area contributed by atoms with E-state index in [2.05, 4.69) is 31.6 Å². The molecule has 0 aliphatic carbocycles. The summed E-state index contributed by atoms with van der Waals surface area (Å²) < 4.78 is 25.6. The van der Waals surface area contributed by atoms with Gasteiger partial charge in [-0.05, 0) is 52.0 Å². The van der Waals surface area contributed by atoms with E-state index in [4.69, 9.17) is 9.47 Å². The Bertz CT molecular complexity index is 1150. The normalized spacial score (nSPS) is 16.5. The number of anilines is 1. The third kappa shape index (κ3) is 5.79. The van der Waals surface area contributed by atoms with Crippen molar-refractivity contribution < 1.29 is 18.7 Å². The van der Waals surface area contributed by atoms with E-state index < -0.39 is 5.67 Å². The summed E-state index contributed by atoms with van der Waals surface area (Å²) in [5.41, 5.74) is 3.39. The van der Waals surface area contributed by atoms with Crippen molar-refractivity contribution in [2.75, 3.05) is 44.4 Å². The second-order valence-electron chi connectivity index (χ2n) is 9.00. The molecule has 1 fully saturated rings. The molecular formula is C26H32FN5O3.